The second kappa shape index (κ2) is 17.5. The molecule has 20 atom stereocenters. The number of aliphatic hydroxyl groups excluding tert-OH is 12. The average molecular weight is 722 g/mol. The molecule has 4 fully saturated rings. The van der Waals surface area contributed by atoms with Crippen LogP contribution in [0.15, 0.2) is 0 Å². The predicted molar refractivity (Wildman–Crippen MR) is 150 cm³/mol. The van der Waals surface area contributed by atoms with Crippen molar-refractivity contribution in [1.82, 2.24) is 5.32 Å². The van der Waals surface area contributed by atoms with Crippen molar-refractivity contribution in [2.24, 2.45) is 0 Å². The molecule has 49 heavy (non-hydrogen) atoms. The topological polar surface area (TPSA) is 346 Å². The highest BCUT2D eigenvalue weighted by atomic mass is 16.8. The number of aliphatic hydroxyl groups is 12. The first-order valence-corrected chi connectivity index (χ1v) is 15.5. The molecule has 0 aromatic carbocycles. The number of methoxy groups -OCH3 is 1. The average Bonchev–Trinajstić information content (AvgIpc) is 3.07. The molecule has 0 aromatic heterocycles. The van der Waals surface area contributed by atoms with E-state index in [-0.39, 0.29) is 0 Å². The number of rotatable bonds is 12. The Balaban J connectivity index is 1.56. The van der Waals surface area contributed by atoms with Crippen LogP contribution in [0.1, 0.15) is 6.92 Å². The van der Waals surface area contributed by atoms with E-state index >= 15 is 0 Å². The molecule has 22 heteroatoms. The molecule has 4 aliphatic rings. The molecule has 4 saturated heterocycles. The lowest BCUT2D eigenvalue weighted by Crippen LogP contribution is -2.69. The Morgan fingerprint density at radius 3 is 1.69 bits per heavy atom. The lowest BCUT2D eigenvalue weighted by atomic mass is 9.95. The Kier molecular flexibility index (Phi) is 14.4. The van der Waals surface area contributed by atoms with Crippen LogP contribution < -0.4 is 5.32 Å². The zero-order valence-corrected chi connectivity index (χ0v) is 26.4. The number of hydrogen-bond acceptors (Lipinski definition) is 21. The largest absolute Gasteiger partial charge is 0.394 e. The van der Waals surface area contributed by atoms with E-state index < -0.39 is 155 Å². The fourth-order valence-electron chi connectivity index (χ4n) is 6.09. The van der Waals surface area contributed by atoms with Crippen LogP contribution in [0, 0.1) is 0 Å². The predicted octanol–water partition coefficient (Wildman–Crippen LogP) is -8.95. The summed E-state index contributed by atoms with van der Waals surface area (Å²) < 4.78 is 44.3. The van der Waals surface area contributed by atoms with Crippen LogP contribution in [0.4, 0.5) is 0 Å². The van der Waals surface area contributed by atoms with Gasteiger partial charge in [0.1, 0.15) is 97.6 Å². The van der Waals surface area contributed by atoms with E-state index in [9.17, 15) is 66.1 Å². The van der Waals surface area contributed by atoms with Gasteiger partial charge in [0.05, 0.1) is 26.4 Å². The van der Waals surface area contributed by atoms with Gasteiger partial charge < -0.3 is 104 Å². The van der Waals surface area contributed by atoms with E-state index in [4.69, 9.17) is 37.9 Å². The Morgan fingerprint density at radius 1 is 0.571 bits per heavy atom. The Labute approximate surface area is 278 Å². The molecule has 22 nitrogen and oxygen atoms in total. The first-order chi connectivity index (χ1) is 23.2. The van der Waals surface area contributed by atoms with Gasteiger partial charge in [-0.3, -0.25) is 4.79 Å². The third-order valence-electron chi connectivity index (χ3n) is 8.84. The summed E-state index contributed by atoms with van der Waals surface area (Å²) in [4.78, 5) is 11.9. The third kappa shape index (κ3) is 8.66. The summed E-state index contributed by atoms with van der Waals surface area (Å²) in [7, 11) is 1.18. The summed E-state index contributed by atoms with van der Waals surface area (Å²) in [6.45, 7) is -1.88. The molecule has 0 spiro atoms. The fraction of sp³-hybridized carbons (Fsp3) is 0.963. The molecule has 13 N–H and O–H groups in total. The van der Waals surface area contributed by atoms with E-state index in [1.807, 2.05) is 0 Å². The summed E-state index contributed by atoms with van der Waals surface area (Å²) in [5, 5.41) is 126. The van der Waals surface area contributed by atoms with Gasteiger partial charge in [0, 0.05) is 14.0 Å². The zero-order chi connectivity index (χ0) is 36.3. The maximum absolute atomic E-state index is 11.9. The van der Waals surface area contributed by atoms with E-state index in [0.29, 0.717) is 0 Å². The van der Waals surface area contributed by atoms with Crippen LogP contribution in [-0.2, 0) is 42.7 Å². The van der Waals surface area contributed by atoms with Gasteiger partial charge in [-0.1, -0.05) is 0 Å². The second-order valence-corrected chi connectivity index (χ2v) is 12.1. The Hall–Kier alpha value is -1.33. The first kappa shape index (κ1) is 40.4. The molecule has 4 rings (SSSR count). The van der Waals surface area contributed by atoms with Crippen LogP contribution in [0.25, 0.3) is 0 Å². The summed E-state index contributed by atoms with van der Waals surface area (Å²) >= 11 is 0. The fourth-order valence-corrected chi connectivity index (χ4v) is 6.09. The van der Waals surface area contributed by atoms with Gasteiger partial charge in [-0.15, -0.1) is 0 Å². The number of carbonyl (C=O) groups excluding carboxylic acids is 1. The number of ether oxygens (including phenoxy) is 8. The molecular formula is C27H47NO21. The summed E-state index contributed by atoms with van der Waals surface area (Å²) in [5.74, 6) is -0.682. The minimum Gasteiger partial charge on any atom is -0.394 e. The second-order valence-electron chi connectivity index (χ2n) is 12.1. The van der Waals surface area contributed by atoms with Crippen molar-refractivity contribution in [3.05, 3.63) is 0 Å². The number of hydrogen-bond donors (Lipinski definition) is 13. The van der Waals surface area contributed by atoms with Crippen molar-refractivity contribution in [1.29, 1.82) is 0 Å². The maximum Gasteiger partial charge on any atom is 0.217 e. The van der Waals surface area contributed by atoms with Crippen LogP contribution >= 0.6 is 0 Å². The molecule has 4 heterocycles. The Morgan fingerprint density at radius 2 is 1.12 bits per heavy atom. The van der Waals surface area contributed by atoms with Gasteiger partial charge in [0.2, 0.25) is 5.91 Å². The van der Waals surface area contributed by atoms with Crippen molar-refractivity contribution >= 4 is 5.91 Å². The van der Waals surface area contributed by atoms with E-state index in [1.165, 1.54) is 7.11 Å². The van der Waals surface area contributed by atoms with E-state index in [0.717, 1.165) is 6.92 Å². The van der Waals surface area contributed by atoms with Crippen molar-refractivity contribution < 1.29 is 104 Å². The summed E-state index contributed by atoms with van der Waals surface area (Å²) in [6.07, 6.45) is -32.0. The highest BCUT2D eigenvalue weighted by molar-refractivity contribution is 5.73. The molecule has 0 aromatic rings. The molecule has 0 saturated carbocycles. The lowest BCUT2D eigenvalue weighted by Gasteiger charge is -2.49. The molecule has 1 unspecified atom stereocenters. The molecular weight excluding hydrogens is 674 g/mol. The minimum absolute atomic E-state index is 0.682. The van der Waals surface area contributed by atoms with Crippen molar-refractivity contribution in [3.8, 4) is 0 Å². The van der Waals surface area contributed by atoms with Crippen LogP contribution in [-0.4, -0.2) is 223 Å². The highest BCUT2D eigenvalue weighted by Gasteiger charge is 2.55. The standard InChI is InChI=1S/C27H47NO21/c1-7(32)28-12-16(36)13(33)8(3-29)45-25(12)49-23-19(39)21(42-2)10(5-31)47-27(23)48-22-15(35)11(44-24(41)20(22)40)6-43-26-18(38)17(37)14(34)9(4-30)46-26/h8-27,29-31,33-41H,3-6H2,1-2H3,(H,28,32)/t8-,9-,10-,11-,12-,13-,14-,15-,16-,17+,18+,19+,20+,21-,22+,23+,24?,25+,26+,27-/m1/s1. The quantitative estimate of drug-likeness (QED) is 0.0889. The van der Waals surface area contributed by atoms with Crippen LogP contribution in [0.2, 0.25) is 0 Å². The zero-order valence-electron chi connectivity index (χ0n) is 26.4. The number of amides is 1. The van der Waals surface area contributed by atoms with Crippen LogP contribution in [0.3, 0.4) is 0 Å². The SMILES string of the molecule is CO[C@H]1[C@H](O)[C@H](O[C@@H]2O[C@H](CO)[C@@H](O)[C@H](O)[C@H]2NC(C)=O)[C@@H](O[C@H]2[C@H](O)[C@@H](CO[C@H]3O[C@H](CO)[C@@H](O)[C@H](O)[C@@H]3O)OC(O)[C@H]2O)O[C@@H]1CO. The van der Waals surface area contributed by atoms with E-state index in [1.54, 1.807) is 0 Å². The lowest BCUT2D eigenvalue weighted by molar-refractivity contribution is -0.384. The normalized spacial score (nSPS) is 49.4. The molecule has 0 radical (unpaired) electrons. The minimum atomic E-state index is -2.04. The number of carbonyl (C=O) groups is 1. The first-order valence-electron chi connectivity index (χ1n) is 15.5. The van der Waals surface area contributed by atoms with Gasteiger partial charge >= 0.3 is 0 Å². The third-order valence-corrected chi connectivity index (χ3v) is 8.84. The van der Waals surface area contributed by atoms with Gasteiger partial charge in [-0.05, 0) is 0 Å². The van der Waals surface area contributed by atoms with Crippen molar-refractivity contribution in [2.75, 3.05) is 33.5 Å². The molecule has 4 aliphatic heterocycles. The smallest absolute Gasteiger partial charge is 0.217 e. The van der Waals surface area contributed by atoms with Gasteiger partial charge in [-0.2, -0.15) is 0 Å². The summed E-state index contributed by atoms with van der Waals surface area (Å²) in [5.41, 5.74) is 0. The van der Waals surface area contributed by atoms with Gasteiger partial charge in [0.25, 0.3) is 0 Å². The molecule has 0 bridgehead atoms. The maximum atomic E-state index is 11.9. The monoisotopic (exact) mass is 721 g/mol. The van der Waals surface area contributed by atoms with E-state index in [2.05, 4.69) is 5.32 Å². The van der Waals surface area contributed by atoms with Gasteiger partial charge in [0.15, 0.2) is 25.2 Å². The van der Waals surface area contributed by atoms with Crippen molar-refractivity contribution in [2.45, 2.75) is 130 Å². The molecule has 1 amide bonds. The molecule has 0 aliphatic carbocycles. The van der Waals surface area contributed by atoms with Gasteiger partial charge in [-0.25, -0.2) is 0 Å². The van der Waals surface area contributed by atoms with Crippen LogP contribution in [0.5, 0.6) is 0 Å². The number of nitrogens with one attached hydrogen (secondary N) is 1. The van der Waals surface area contributed by atoms with Crippen molar-refractivity contribution in [3.63, 3.8) is 0 Å². The Bertz CT molecular complexity index is 1040. The highest BCUT2D eigenvalue weighted by Crippen LogP contribution is 2.34. The summed E-state index contributed by atoms with van der Waals surface area (Å²) in [6, 6.07) is -1.48. The molecule has 286 valence electrons.